The maximum atomic E-state index is 11.4. The molecule has 3 aromatic rings. The number of nitrogens with one attached hydrogen (secondary N) is 2. The summed E-state index contributed by atoms with van der Waals surface area (Å²) in [6, 6.07) is 9.29. The lowest BCUT2D eigenvalue weighted by Gasteiger charge is -2.07. The molecule has 7 nitrogen and oxygen atoms in total. The molecule has 1 aromatic carbocycles. The van der Waals surface area contributed by atoms with Crippen LogP contribution in [0.5, 0.6) is 0 Å². The SMILES string of the molecule is NC(=O)c1cc(Cl)nnc1NCCCc1nc2ccccc2[nH]1. The van der Waals surface area contributed by atoms with E-state index in [9.17, 15) is 4.79 Å². The van der Waals surface area contributed by atoms with Crippen molar-refractivity contribution in [3.05, 3.63) is 46.9 Å². The van der Waals surface area contributed by atoms with Crippen molar-refractivity contribution in [2.24, 2.45) is 5.73 Å². The van der Waals surface area contributed by atoms with E-state index in [-0.39, 0.29) is 10.7 Å². The number of carbonyl (C=O) groups is 1. The number of carbonyl (C=O) groups excluding carboxylic acids is 1. The molecule has 23 heavy (non-hydrogen) atoms. The minimum atomic E-state index is -0.596. The van der Waals surface area contributed by atoms with Crippen LogP contribution in [-0.2, 0) is 6.42 Å². The number of benzene rings is 1. The molecule has 0 saturated carbocycles. The number of aromatic amines is 1. The fourth-order valence-electron chi connectivity index (χ4n) is 2.27. The summed E-state index contributed by atoms with van der Waals surface area (Å²) in [7, 11) is 0. The van der Waals surface area contributed by atoms with Gasteiger partial charge in [-0.2, -0.15) is 0 Å². The van der Waals surface area contributed by atoms with Crippen molar-refractivity contribution in [2.45, 2.75) is 12.8 Å². The number of rotatable bonds is 6. The van der Waals surface area contributed by atoms with Gasteiger partial charge in [-0.3, -0.25) is 4.79 Å². The van der Waals surface area contributed by atoms with Gasteiger partial charge in [0.1, 0.15) is 5.82 Å². The molecule has 0 bridgehead atoms. The molecule has 0 unspecified atom stereocenters. The third-order valence-electron chi connectivity index (χ3n) is 3.35. The first-order valence-corrected chi connectivity index (χ1v) is 7.52. The monoisotopic (exact) mass is 330 g/mol. The minimum Gasteiger partial charge on any atom is -0.368 e. The largest absolute Gasteiger partial charge is 0.368 e. The van der Waals surface area contributed by atoms with E-state index in [4.69, 9.17) is 17.3 Å². The second-order valence-corrected chi connectivity index (χ2v) is 5.41. The second kappa shape index (κ2) is 6.62. The fourth-order valence-corrected chi connectivity index (χ4v) is 2.42. The number of nitrogens with zero attached hydrogens (tertiary/aromatic N) is 3. The zero-order valence-corrected chi connectivity index (χ0v) is 13.0. The lowest BCUT2D eigenvalue weighted by atomic mass is 10.2. The molecule has 0 spiro atoms. The number of hydrogen-bond donors (Lipinski definition) is 3. The number of H-pyrrole nitrogens is 1. The molecule has 1 amide bonds. The number of para-hydroxylation sites is 2. The number of amides is 1. The highest BCUT2D eigenvalue weighted by molar-refractivity contribution is 6.29. The van der Waals surface area contributed by atoms with Gasteiger partial charge in [0.15, 0.2) is 11.0 Å². The van der Waals surface area contributed by atoms with Gasteiger partial charge in [0.05, 0.1) is 16.6 Å². The summed E-state index contributed by atoms with van der Waals surface area (Å²) in [5.41, 5.74) is 7.51. The first-order valence-electron chi connectivity index (χ1n) is 7.14. The highest BCUT2D eigenvalue weighted by Crippen LogP contribution is 2.15. The summed E-state index contributed by atoms with van der Waals surface area (Å²) in [5.74, 6) is 0.665. The molecule has 0 aliphatic heterocycles. The van der Waals surface area contributed by atoms with E-state index in [2.05, 4.69) is 25.5 Å². The Kier molecular flexibility index (Phi) is 4.38. The molecular weight excluding hydrogens is 316 g/mol. The predicted molar refractivity (Wildman–Crippen MR) is 88.5 cm³/mol. The van der Waals surface area contributed by atoms with Crippen LogP contribution in [0, 0.1) is 0 Å². The highest BCUT2D eigenvalue weighted by Gasteiger charge is 2.11. The molecule has 2 heterocycles. The lowest BCUT2D eigenvalue weighted by Crippen LogP contribution is -2.17. The number of hydrogen-bond acceptors (Lipinski definition) is 5. The van der Waals surface area contributed by atoms with Gasteiger partial charge in [-0.15, -0.1) is 10.2 Å². The zero-order valence-electron chi connectivity index (χ0n) is 12.2. The summed E-state index contributed by atoms with van der Waals surface area (Å²) >= 11 is 5.72. The van der Waals surface area contributed by atoms with Gasteiger partial charge in [-0.1, -0.05) is 23.7 Å². The fraction of sp³-hybridized carbons (Fsp3) is 0.200. The van der Waals surface area contributed by atoms with E-state index in [1.165, 1.54) is 6.07 Å². The van der Waals surface area contributed by atoms with E-state index >= 15 is 0 Å². The smallest absolute Gasteiger partial charge is 0.252 e. The van der Waals surface area contributed by atoms with Crippen LogP contribution < -0.4 is 11.1 Å². The number of anilines is 1. The third-order valence-corrected chi connectivity index (χ3v) is 3.54. The van der Waals surface area contributed by atoms with E-state index < -0.39 is 5.91 Å². The molecule has 3 rings (SSSR count). The van der Waals surface area contributed by atoms with Crippen LogP contribution in [0.3, 0.4) is 0 Å². The number of aryl methyl sites for hydroxylation is 1. The van der Waals surface area contributed by atoms with Crippen molar-refractivity contribution in [3.8, 4) is 0 Å². The Hall–Kier alpha value is -2.67. The number of fused-ring (bicyclic) bond motifs is 1. The van der Waals surface area contributed by atoms with E-state index in [1.807, 2.05) is 24.3 Å². The van der Waals surface area contributed by atoms with Crippen molar-refractivity contribution < 1.29 is 4.79 Å². The Morgan fingerprint density at radius 3 is 2.91 bits per heavy atom. The molecule has 8 heteroatoms. The molecule has 0 radical (unpaired) electrons. The van der Waals surface area contributed by atoms with Crippen molar-refractivity contribution in [1.29, 1.82) is 0 Å². The minimum absolute atomic E-state index is 0.131. The third kappa shape index (κ3) is 3.57. The van der Waals surface area contributed by atoms with Crippen LogP contribution in [-0.4, -0.2) is 32.6 Å². The standard InChI is InChI=1S/C15H15ClN6O/c16-12-8-9(14(17)23)15(22-21-12)18-7-3-6-13-19-10-4-1-2-5-11(10)20-13/h1-2,4-5,8H,3,6-7H2,(H2,17,23)(H,18,22)(H,19,20). The van der Waals surface area contributed by atoms with Crippen LogP contribution >= 0.6 is 11.6 Å². The average molecular weight is 331 g/mol. The lowest BCUT2D eigenvalue weighted by molar-refractivity contribution is 0.100. The van der Waals surface area contributed by atoms with Gasteiger partial charge in [0, 0.05) is 13.0 Å². The van der Waals surface area contributed by atoms with Gasteiger partial charge in [-0.05, 0) is 24.6 Å². The highest BCUT2D eigenvalue weighted by atomic mass is 35.5. The van der Waals surface area contributed by atoms with Gasteiger partial charge < -0.3 is 16.0 Å². The van der Waals surface area contributed by atoms with Crippen LogP contribution in [0.2, 0.25) is 5.15 Å². The van der Waals surface area contributed by atoms with Crippen molar-refractivity contribution in [2.75, 3.05) is 11.9 Å². The maximum absolute atomic E-state index is 11.4. The first kappa shape index (κ1) is 15.2. The quantitative estimate of drug-likeness (QED) is 0.600. The van der Waals surface area contributed by atoms with Gasteiger partial charge in [-0.25, -0.2) is 4.98 Å². The average Bonchev–Trinajstić information content (AvgIpc) is 2.95. The number of imidazole rings is 1. The number of nitrogens with two attached hydrogens (primary N) is 1. The summed E-state index contributed by atoms with van der Waals surface area (Å²) in [4.78, 5) is 19.2. The molecule has 118 valence electrons. The molecule has 0 fully saturated rings. The Balaban J connectivity index is 1.58. The van der Waals surface area contributed by atoms with Gasteiger partial charge >= 0.3 is 0 Å². The first-order chi connectivity index (χ1) is 11.1. The topological polar surface area (TPSA) is 110 Å². The van der Waals surface area contributed by atoms with E-state index in [0.29, 0.717) is 12.4 Å². The Morgan fingerprint density at radius 1 is 1.30 bits per heavy atom. The number of halogens is 1. The Morgan fingerprint density at radius 2 is 2.13 bits per heavy atom. The van der Waals surface area contributed by atoms with Crippen LogP contribution in [0.4, 0.5) is 5.82 Å². The zero-order chi connectivity index (χ0) is 16.2. The molecule has 0 aliphatic carbocycles. The summed E-state index contributed by atoms with van der Waals surface area (Å²) in [6.45, 7) is 0.605. The molecule has 0 aliphatic rings. The van der Waals surface area contributed by atoms with Gasteiger partial charge in [0.25, 0.3) is 5.91 Å². The van der Waals surface area contributed by atoms with Crippen molar-refractivity contribution in [1.82, 2.24) is 20.2 Å². The summed E-state index contributed by atoms with van der Waals surface area (Å²) in [6.07, 6.45) is 1.58. The Bertz CT molecular complexity index is 814. The van der Waals surface area contributed by atoms with Crippen molar-refractivity contribution >= 4 is 34.4 Å². The normalized spacial score (nSPS) is 10.8. The van der Waals surface area contributed by atoms with Gasteiger partial charge in [0.2, 0.25) is 0 Å². The summed E-state index contributed by atoms with van der Waals surface area (Å²) < 4.78 is 0. The molecule has 0 saturated heterocycles. The second-order valence-electron chi connectivity index (χ2n) is 5.02. The summed E-state index contributed by atoms with van der Waals surface area (Å²) in [5, 5.41) is 10.8. The molecule has 0 atom stereocenters. The van der Waals surface area contributed by atoms with Crippen LogP contribution in [0.1, 0.15) is 22.6 Å². The number of primary amides is 1. The molecule has 2 aromatic heterocycles. The number of aromatic nitrogens is 4. The molecular formula is C15H15ClN6O. The molecule has 4 N–H and O–H groups in total. The van der Waals surface area contributed by atoms with Crippen LogP contribution in [0.15, 0.2) is 30.3 Å². The predicted octanol–water partition coefficient (Wildman–Crippen LogP) is 2.15. The van der Waals surface area contributed by atoms with E-state index in [0.717, 1.165) is 29.7 Å². The Labute approximate surface area is 137 Å². The van der Waals surface area contributed by atoms with Crippen molar-refractivity contribution in [3.63, 3.8) is 0 Å². The van der Waals surface area contributed by atoms with Crippen LogP contribution in [0.25, 0.3) is 11.0 Å². The van der Waals surface area contributed by atoms with E-state index in [1.54, 1.807) is 0 Å². The maximum Gasteiger partial charge on any atom is 0.252 e.